The van der Waals surface area contributed by atoms with Crippen LogP contribution in [0.4, 0.5) is 4.79 Å². The number of ether oxygens (including phenoxy) is 2. The molecular weight excluding hydrogens is 436 g/mol. The molecule has 1 amide bonds. The van der Waals surface area contributed by atoms with Crippen molar-refractivity contribution in [3.05, 3.63) is 29.4 Å². The van der Waals surface area contributed by atoms with Gasteiger partial charge in [0, 0.05) is 31.5 Å². The van der Waals surface area contributed by atoms with Gasteiger partial charge in [-0.2, -0.15) is 0 Å². The van der Waals surface area contributed by atoms with Crippen molar-refractivity contribution in [2.24, 2.45) is 23.9 Å². The van der Waals surface area contributed by atoms with E-state index in [0.29, 0.717) is 12.8 Å². The first-order valence-electron chi connectivity index (χ1n) is 11.8. The molecular formula is C25H42N4O5. The lowest BCUT2D eigenvalue weighted by atomic mass is 9.87. The number of alkyl carbamates (subject to hydrolysis) is 1. The fraction of sp³-hybridized carbons (Fsp3) is 0.680. The van der Waals surface area contributed by atoms with Gasteiger partial charge in [0.2, 0.25) is 0 Å². The molecule has 2 N–H and O–H groups in total. The van der Waals surface area contributed by atoms with E-state index >= 15 is 0 Å². The molecule has 0 aliphatic rings. The van der Waals surface area contributed by atoms with Gasteiger partial charge in [0.15, 0.2) is 0 Å². The van der Waals surface area contributed by atoms with Crippen molar-refractivity contribution in [2.45, 2.75) is 86.0 Å². The van der Waals surface area contributed by atoms with Crippen LogP contribution in [0.3, 0.4) is 0 Å². The van der Waals surface area contributed by atoms with Gasteiger partial charge in [0.1, 0.15) is 11.7 Å². The maximum Gasteiger partial charge on any atom is 0.412 e. The molecule has 0 radical (unpaired) electrons. The molecule has 0 aliphatic heterocycles. The Morgan fingerprint density at radius 3 is 2.41 bits per heavy atom. The minimum absolute atomic E-state index is 0.125. The lowest BCUT2D eigenvalue weighted by Crippen LogP contribution is -2.34. The van der Waals surface area contributed by atoms with Crippen LogP contribution in [0.2, 0.25) is 0 Å². The second kappa shape index (κ2) is 13.3. The lowest BCUT2D eigenvalue weighted by molar-refractivity contribution is -0.154. The number of hydrogen-bond donors (Lipinski definition) is 2. The third-order valence-corrected chi connectivity index (χ3v) is 5.57. The van der Waals surface area contributed by atoms with Crippen LogP contribution in [0.15, 0.2) is 28.7 Å². The molecule has 0 bridgehead atoms. The van der Waals surface area contributed by atoms with Crippen LogP contribution in [0.5, 0.6) is 0 Å². The summed E-state index contributed by atoms with van der Waals surface area (Å²) in [7, 11) is 1.89. The number of allylic oxidation sites excluding steroid dienone is 1. The van der Waals surface area contributed by atoms with Crippen molar-refractivity contribution < 1.29 is 24.2 Å². The fourth-order valence-corrected chi connectivity index (χ4v) is 3.96. The van der Waals surface area contributed by atoms with E-state index in [1.54, 1.807) is 33.3 Å². The highest BCUT2D eigenvalue weighted by Crippen LogP contribution is 2.25. The first-order chi connectivity index (χ1) is 15.8. The Balaban J connectivity index is 2.86. The molecule has 1 aromatic heterocycles. The second-order valence-electron chi connectivity index (χ2n) is 9.79. The average Bonchev–Trinajstić information content (AvgIpc) is 3.10. The number of rotatable bonds is 11. The Bertz CT molecular complexity index is 865. The molecule has 1 heterocycles. The van der Waals surface area contributed by atoms with Gasteiger partial charge in [-0.1, -0.05) is 12.5 Å². The largest absolute Gasteiger partial charge is 0.458 e. The Labute approximate surface area is 203 Å². The van der Waals surface area contributed by atoms with Gasteiger partial charge in [-0.3, -0.25) is 15.1 Å². The smallest absolute Gasteiger partial charge is 0.412 e. The van der Waals surface area contributed by atoms with E-state index in [2.05, 4.69) is 15.3 Å². The second-order valence-corrected chi connectivity index (χ2v) is 9.79. The van der Waals surface area contributed by atoms with E-state index in [1.807, 2.05) is 46.2 Å². The molecule has 0 spiro atoms. The van der Waals surface area contributed by atoms with Crippen molar-refractivity contribution in [3.63, 3.8) is 0 Å². The quantitative estimate of drug-likeness (QED) is 0.216. The topological polar surface area (TPSA) is 115 Å². The van der Waals surface area contributed by atoms with Gasteiger partial charge >= 0.3 is 12.1 Å². The number of carbonyl (C=O) groups is 2. The summed E-state index contributed by atoms with van der Waals surface area (Å²) in [6, 6.07) is -0.328. The highest BCUT2D eigenvalue weighted by Gasteiger charge is 2.31. The van der Waals surface area contributed by atoms with Gasteiger partial charge < -0.3 is 19.1 Å². The summed E-state index contributed by atoms with van der Waals surface area (Å²) in [5.41, 5.74) is 2.17. The summed E-state index contributed by atoms with van der Waals surface area (Å²) in [4.78, 5) is 33.4. The van der Waals surface area contributed by atoms with Gasteiger partial charge in [-0.25, -0.2) is 9.78 Å². The molecule has 1 aromatic rings. The SMILES string of the molecule is CCC(C(=O)OC(C)C(=C(C)C)C(C)N=CNC(=O)OC(C)(C)C)C(CO)Cc1cncn1C. The van der Waals surface area contributed by atoms with E-state index in [-0.39, 0.29) is 24.5 Å². The first kappa shape index (κ1) is 29.4. The Hall–Kier alpha value is -2.68. The third-order valence-electron chi connectivity index (χ3n) is 5.57. The fourth-order valence-electron chi connectivity index (χ4n) is 3.96. The van der Waals surface area contributed by atoms with Crippen LogP contribution in [-0.2, 0) is 27.7 Å². The number of esters is 1. The van der Waals surface area contributed by atoms with Gasteiger partial charge in [0.05, 0.1) is 24.6 Å². The third kappa shape index (κ3) is 9.29. The molecule has 0 saturated carbocycles. The molecule has 192 valence electrons. The number of nitrogens with one attached hydrogen (secondary N) is 1. The van der Waals surface area contributed by atoms with Gasteiger partial charge in [0.25, 0.3) is 0 Å². The maximum absolute atomic E-state index is 13.1. The van der Waals surface area contributed by atoms with Crippen LogP contribution < -0.4 is 5.32 Å². The number of aliphatic hydroxyl groups excluding tert-OH is 1. The summed E-state index contributed by atoms with van der Waals surface area (Å²) in [5, 5.41) is 12.5. The zero-order valence-electron chi connectivity index (χ0n) is 22.1. The maximum atomic E-state index is 13.1. The number of amides is 1. The Kier molecular flexibility index (Phi) is 11.5. The van der Waals surface area contributed by atoms with E-state index < -0.39 is 23.7 Å². The number of carbonyl (C=O) groups excluding carboxylic acids is 2. The van der Waals surface area contributed by atoms with Crippen LogP contribution in [-0.4, -0.2) is 57.4 Å². The predicted molar refractivity (Wildman–Crippen MR) is 133 cm³/mol. The summed E-state index contributed by atoms with van der Waals surface area (Å²) in [6.07, 6.45) is 4.72. The molecule has 4 atom stereocenters. The molecule has 1 rings (SSSR count). The molecule has 0 aromatic carbocycles. The van der Waals surface area contributed by atoms with E-state index in [0.717, 1.165) is 16.8 Å². The van der Waals surface area contributed by atoms with Crippen molar-refractivity contribution in [2.75, 3.05) is 6.61 Å². The number of aromatic nitrogens is 2. The predicted octanol–water partition coefficient (Wildman–Crippen LogP) is 3.81. The van der Waals surface area contributed by atoms with Crippen molar-refractivity contribution in [1.29, 1.82) is 0 Å². The van der Waals surface area contributed by atoms with Crippen LogP contribution in [0.1, 0.15) is 67.5 Å². The van der Waals surface area contributed by atoms with Crippen LogP contribution in [0.25, 0.3) is 0 Å². The van der Waals surface area contributed by atoms with Crippen molar-refractivity contribution >= 4 is 18.4 Å². The normalized spacial score (nSPS) is 15.4. The number of hydrogen-bond acceptors (Lipinski definition) is 7. The number of aliphatic hydroxyl groups is 1. The first-order valence-corrected chi connectivity index (χ1v) is 11.8. The van der Waals surface area contributed by atoms with Crippen molar-refractivity contribution in [1.82, 2.24) is 14.9 Å². The monoisotopic (exact) mass is 478 g/mol. The molecule has 0 saturated heterocycles. The zero-order valence-corrected chi connectivity index (χ0v) is 22.1. The van der Waals surface area contributed by atoms with Gasteiger partial charge in [-0.05, 0) is 66.9 Å². The van der Waals surface area contributed by atoms with Gasteiger partial charge in [-0.15, -0.1) is 0 Å². The molecule has 34 heavy (non-hydrogen) atoms. The minimum Gasteiger partial charge on any atom is -0.458 e. The average molecular weight is 479 g/mol. The number of nitrogens with zero attached hydrogens (tertiary/aromatic N) is 3. The standard InChI is InChI=1S/C25H42N4O5/c1-10-21(19(13-30)11-20-12-26-15-29(20)9)23(31)33-18(5)22(16(2)3)17(4)27-14-28-24(32)34-25(6,7)8/h12,14-15,17-19,21,30H,10-11,13H2,1-9H3,(H,27,28,32). The highest BCUT2D eigenvalue weighted by molar-refractivity contribution is 5.82. The molecule has 0 fully saturated rings. The minimum atomic E-state index is -0.601. The molecule has 4 unspecified atom stereocenters. The zero-order chi connectivity index (χ0) is 26.1. The molecule has 0 aliphatic carbocycles. The number of imidazole rings is 1. The van der Waals surface area contributed by atoms with E-state index in [4.69, 9.17) is 9.47 Å². The molecule has 9 heteroatoms. The highest BCUT2D eigenvalue weighted by atomic mass is 16.6. The Morgan fingerprint density at radius 1 is 1.29 bits per heavy atom. The van der Waals surface area contributed by atoms with Crippen molar-refractivity contribution in [3.8, 4) is 0 Å². The van der Waals surface area contributed by atoms with Crippen LogP contribution >= 0.6 is 0 Å². The summed E-state index contributed by atoms with van der Waals surface area (Å²) in [5.74, 6) is -1.07. The summed E-state index contributed by atoms with van der Waals surface area (Å²) < 4.78 is 12.9. The van der Waals surface area contributed by atoms with Crippen LogP contribution in [0, 0.1) is 11.8 Å². The van der Waals surface area contributed by atoms with E-state index in [1.165, 1.54) is 6.34 Å². The number of aliphatic imine (C=N–C) groups is 1. The molecule has 9 nitrogen and oxygen atoms in total. The summed E-state index contributed by atoms with van der Waals surface area (Å²) in [6.45, 7) is 14.7. The Morgan fingerprint density at radius 2 is 1.94 bits per heavy atom. The summed E-state index contributed by atoms with van der Waals surface area (Å²) >= 11 is 0. The number of aryl methyl sites for hydroxylation is 1. The lowest BCUT2D eigenvalue weighted by Gasteiger charge is -2.27. The van der Waals surface area contributed by atoms with E-state index in [9.17, 15) is 14.7 Å².